The Morgan fingerprint density at radius 3 is 1.80 bits per heavy atom. The predicted octanol–water partition coefficient (Wildman–Crippen LogP) is 0.407. The summed E-state index contributed by atoms with van der Waals surface area (Å²) in [5, 5.41) is 0. The summed E-state index contributed by atoms with van der Waals surface area (Å²) < 4.78 is 0. The zero-order valence-corrected chi connectivity index (χ0v) is 6.71. The molecule has 0 fully saturated rings. The van der Waals surface area contributed by atoms with E-state index in [1.54, 1.807) is 0 Å². The molecule has 0 aliphatic carbocycles. The van der Waals surface area contributed by atoms with Crippen molar-refractivity contribution >= 4 is 5.78 Å². The first kappa shape index (κ1) is 9.05. The van der Waals surface area contributed by atoms with Crippen LogP contribution < -0.4 is 0 Å². The average molecular weight is 236 g/mol. The van der Waals surface area contributed by atoms with Crippen molar-refractivity contribution in [3.8, 4) is 0 Å². The van der Waals surface area contributed by atoms with E-state index in [1.807, 2.05) is 0 Å². The van der Waals surface area contributed by atoms with Crippen LogP contribution in [0.25, 0.3) is 0 Å². The van der Waals surface area contributed by atoms with Crippen LogP contribution in [0.3, 0.4) is 0 Å². The molecular formula is C3H5HfO-. The fourth-order valence-electron chi connectivity index (χ4n) is 0. The molecule has 0 spiro atoms. The van der Waals surface area contributed by atoms with Crippen LogP contribution in [0.1, 0.15) is 6.92 Å². The van der Waals surface area contributed by atoms with Gasteiger partial charge in [-0.1, -0.05) is 0 Å². The number of hydrogen-bond donors (Lipinski definition) is 0. The number of Topliss-reactive ketones (excluding diaryl/α,β-unsaturated/α-hetero) is 1. The van der Waals surface area contributed by atoms with Crippen molar-refractivity contribution in [2.75, 3.05) is 0 Å². The van der Waals surface area contributed by atoms with Crippen LogP contribution in [0.15, 0.2) is 0 Å². The summed E-state index contributed by atoms with van der Waals surface area (Å²) in [6, 6.07) is 0. The van der Waals surface area contributed by atoms with Crippen molar-refractivity contribution in [2.24, 2.45) is 0 Å². The minimum Gasteiger partial charge on any atom is -0.340 e. The Hall–Kier alpha value is 0.410. The minimum absolute atomic E-state index is 0. The first-order valence-electron chi connectivity index (χ1n) is 1.06. The zero-order chi connectivity index (χ0) is 3.58. The second kappa shape index (κ2) is 4.41. The second-order valence-electron chi connectivity index (χ2n) is 0.702. The fourth-order valence-corrected chi connectivity index (χ4v) is 0. The van der Waals surface area contributed by atoms with Crippen LogP contribution in [0, 0.1) is 6.92 Å². The molecule has 0 N–H and O–H groups in total. The predicted molar refractivity (Wildman–Crippen MR) is 16.0 cm³/mol. The summed E-state index contributed by atoms with van der Waals surface area (Å²) in [7, 11) is 0. The van der Waals surface area contributed by atoms with Crippen LogP contribution in [-0.2, 0) is 30.6 Å². The van der Waals surface area contributed by atoms with Gasteiger partial charge in [-0.3, -0.25) is 0 Å². The van der Waals surface area contributed by atoms with Gasteiger partial charge in [0.1, 0.15) is 0 Å². The maximum absolute atomic E-state index is 9.33. The van der Waals surface area contributed by atoms with Crippen LogP contribution in [0.4, 0.5) is 0 Å². The van der Waals surface area contributed by atoms with E-state index in [9.17, 15) is 4.79 Å². The maximum atomic E-state index is 9.33. The molecule has 0 aliphatic rings. The quantitative estimate of drug-likeness (QED) is 0.439. The van der Waals surface area contributed by atoms with Crippen molar-refractivity contribution in [3.05, 3.63) is 6.92 Å². The van der Waals surface area contributed by atoms with Gasteiger partial charge in [0.2, 0.25) is 0 Å². The Morgan fingerprint density at radius 1 is 1.80 bits per heavy atom. The van der Waals surface area contributed by atoms with Crippen LogP contribution in [0.5, 0.6) is 0 Å². The van der Waals surface area contributed by atoms with Crippen LogP contribution >= 0.6 is 0 Å². The number of carbonyl (C=O) groups is 1. The van der Waals surface area contributed by atoms with Crippen molar-refractivity contribution in [2.45, 2.75) is 6.92 Å². The molecule has 0 atom stereocenters. The van der Waals surface area contributed by atoms with E-state index < -0.39 is 0 Å². The molecule has 0 radical (unpaired) electrons. The van der Waals surface area contributed by atoms with Gasteiger partial charge in [0.05, 0.1) is 0 Å². The van der Waals surface area contributed by atoms with E-state index in [0.717, 1.165) is 0 Å². The fraction of sp³-hybridized carbons (Fsp3) is 0.333. The van der Waals surface area contributed by atoms with E-state index in [4.69, 9.17) is 0 Å². The number of rotatable bonds is 0. The molecule has 0 aromatic rings. The molecule has 2 heteroatoms. The third kappa shape index (κ3) is 152. The van der Waals surface area contributed by atoms with Crippen LogP contribution in [-0.4, -0.2) is 5.78 Å². The summed E-state index contributed by atoms with van der Waals surface area (Å²) in [6.07, 6.45) is 0. The Kier molecular flexibility index (Phi) is 7.98. The smallest absolute Gasteiger partial charge is 0 e. The molecule has 0 rings (SSSR count). The van der Waals surface area contributed by atoms with Crippen molar-refractivity contribution in [1.29, 1.82) is 0 Å². The molecule has 0 saturated heterocycles. The zero-order valence-electron chi connectivity index (χ0n) is 3.12. The Labute approximate surface area is 50.5 Å². The number of hydrogen-bond acceptors (Lipinski definition) is 1. The van der Waals surface area contributed by atoms with Gasteiger partial charge in [-0.25, -0.2) is 0 Å². The Morgan fingerprint density at radius 2 is 1.80 bits per heavy atom. The summed E-state index contributed by atoms with van der Waals surface area (Å²) in [6.45, 7) is 4.42. The van der Waals surface area contributed by atoms with Gasteiger partial charge >= 0.3 is 0 Å². The summed E-state index contributed by atoms with van der Waals surface area (Å²) >= 11 is 0. The standard InChI is InChI=1S/C3H5O.Hf/c1-3(2)4;/h1H2,2H3;/q-1;. The van der Waals surface area contributed by atoms with Crippen molar-refractivity contribution in [3.63, 3.8) is 0 Å². The monoisotopic (exact) mass is 237 g/mol. The van der Waals surface area contributed by atoms with Gasteiger partial charge in [-0.05, 0) is 12.7 Å². The molecule has 28 valence electrons. The van der Waals surface area contributed by atoms with Crippen LogP contribution in [0.2, 0.25) is 0 Å². The van der Waals surface area contributed by atoms with Gasteiger partial charge < -0.3 is 11.7 Å². The first-order chi connectivity index (χ1) is 1.73. The molecular weight excluding hydrogens is 231 g/mol. The van der Waals surface area contributed by atoms with E-state index >= 15 is 0 Å². The molecule has 0 heterocycles. The van der Waals surface area contributed by atoms with Gasteiger partial charge in [0.15, 0.2) is 0 Å². The Balaban J connectivity index is 0. The number of carbonyl (C=O) groups excluding carboxylic acids is 1. The van der Waals surface area contributed by atoms with Crippen molar-refractivity contribution < 1.29 is 30.6 Å². The molecule has 0 aromatic carbocycles. The Bertz CT molecular complexity index is 29.9. The number of ketones is 1. The van der Waals surface area contributed by atoms with E-state index in [1.165, 1.54) is 6.92 Å². The SMILES string of the molecule is [CH2-]C(C)=O.[Hf]. The van der Waals surface area contributed by atoms with E-state index in [-0.39, 0.29) is 31.6 Å². The molecule has 5 heavy (non-hydrogen) atoms. The second-order valence-corrected chi connectivity index (χ2v) is 0.702. The topological polar surface area (TPSA) is 17.1 Å². The summed E-state index contributed by atoms with van der Waals surface area (Å²) in [5.74, 6) is -0.0833. The van der Waals surface area contributed by atoms with E-state index in [0.29, 0.717) is 0 Å². The summed E-state index contributed by atoms with van der Waals surface area (Å²) in [4.78, 5) is 9.33. The summed E-state index contributed by atoms with van der Waals surface area (Å²) in [5.41, 5.74) is 0. The van der Waals surface area contributed by atoms with Gasteiger partial charge in [0, 0.05) is 25.8 Å². The normalized spacial score (nSPS) is 5.00. The molecule has 0 bridgehead atoms. The minimum atomic E-state index is -0.0833. The third-order valence-corrected chi connectivity index (χ3v) is 0. The average Bonchev–Trinajstić information content (AvgIpc) is 0.811. The molecule has 0 unspecified atom stereocenters. The van der Waals surface area contributed by atoms with Crippen molar-refractivity contribution in [1.82, 2.24) is 0 Å². The van der Waals surface area contributed by atoms with E-state index in [2.05, 4.69) is 6.92 Å². The van der Waals surface area contributed by atoms with Gasteiger partial charge in [-0.15, -0.1) is 0 Å². The van der Waals surface area contributed by atoms with Gasteiger partial charge in [-0.2, -0.15) is 0 Å². The molecule has 0 aliphatic heterocycles. The molecule has 0 amide bonds. The first-order valence-corrected chi connectivity index (χ1v) is 1.06. The molecule has 1 nitrogen and oxygen atoms in total. The molecule has 0 saturated carbocycles. The largest absolute Gasteiger partial charge is 0.340 e. The third-order valence-electron chi connectivity index (χ3n) is 0. The molecule has 0 aromatic heterocycles. The maximum Gasteiger partial charge on any atom is 0 e. The van der Waals surface area contributed by atoms with Gasteiger partial charge in [0.25, 0.3) is 0 Å².